The molecule has 0 aromatic heterocycles. The SMILES string of the molecule is F[B-](F)(F)CC1CC2(C1)C(F)(F)C21CCC1.[K+]. The fourth-order valence-electron chi connectivity index (χ4n) is 4.18. The second-order valence-electron chi connectivity index (χ2n) is 5.81. The zero-order valence-electron chi connectivity index (χ0n) is 9.79. The summed E-state index contributed by atoms with van der Waals surface area (Å²) in [5.74, 6) is -3.21. The van der Waals surface area contributed by atoms with Crippen molar-refractivity contribution in [2.24, 2.45) is 16.7 Å². The molecular weight excluding hydrogens is 265 g/mol. The van der Waals surface area contributed by atoms with Crippen LogP contribution >= 0.6 is 0 Å². The number of fused-ring (bicyclic) bond motifs is 1. The van der Waals surface area contributed by atoms with Gasteiger partial charge < -0.3 is 12.9 Å². The van der Waals surface area contributed by atoms with E-state index in [1.807, 2.05) is 0 Å². The maximum Gasteiger partial charge on any atom is 1.00 e. The third-order valence-corrected chi connectivity index (χ3v) is 5.14. The number of hydrogen-bond acceptors (Lipinski definition) is 0. The van der Waals surface area contributed by atoms with Gasteiger partial charge in [-0.1, -0.05) is 18.7 Å². The molecule has 0 bridgehead atoms. The Kier molecular flexibility index (Phi) is 3.41. The van der Waals surface area contributed by atoms with Crippen molar-refractivity contribution in [3.05, 3.63) is 0 Å². The predicted molar refractivity (Wildman–Crippen MR) is 50.3 cm³/mol. The average Bonchev–Trinajstić information content (AvgIpc) is 2.37. The van der Waals surface area contributed by atoms with Crippen LogP contribution in [0.3, 0.4) is 0 Å². The number of alkyl halides is 2. The minimum absolute atomic E-state index is 0. The van der Waals surface area contributed by atoms with Crippen LogP contribution < -0.4 is 51.4 Å². The Labute approximate surface area is 140 Å². The first-order valence-electron chi connectivity index (χ1n) is 5.83. The molecule has 0 saturated heterocycles. The van der Waals surface area contributed by atoms with E-state index in [9.17, 15) is 21.7 Å². The molecule has 2 spiro atoms. The summed E-state index contributed by atoms with van der Waals surface area (Å²) in [5.41, 5.74) is -1.90. The summed E-state index contributed by atoms with van der Waals surface area (Å²) in [4.78, 5) is 0. The predicted octanol–water partition coefficient (Wildman–Crippen LogP) is 1.05. The van der Waals surface area contributed by atoms with Gasteiger partial charge in [0.15, 0.2) is 0 Å². The van der Waals surface area contributed by atoms with Crippen LogP contribution in [0, 0.1) is 16.7 Å². The minimum atomic E-state index is -4.81. The molecule has 7 heteroatoms. The van der Waals surface area contributed by atoms with E-state index < -0.39 is 36.0 Å². The van der Waals surface area contributed by atoms with Gasteiger partial charge in [0.25, 0.3) is 5.92 Å². The molecule has 3 saturated carbocycles. The van der Waals surface area contributed by atoms with Crippen molar-refractivity contribution in [3.63, 3.8) is 0 Å². The Hall–Kier alpha value is 1.35. The summed E-state index contributed by atoms with van der Waals surface area (Å²) in [5, 5.41) is 0. The van der Waals surface area contributed by atoms with E-state index in [4.69, 9.17) is 0 Å². The Balaban J connectivity index is 0.00000108. The molecule has 92 valence electrons. The first kappa shape index (κ1) is 14.8. The molecule has 17 heavy (non-hydrogen) atoms. The topological polar surface area (TPSA) is 0 Å². The number of rotatable bonds is 2. The molecule has 3 rings (SSSR count). The molecule has 3 fully saturated rings. The quantitative estimate of drug-likeness (QED) is 0.523. The van der Waals surface area contributed by atoms with Crippen molar-refractivity contribution in [1.82, 2.24) is 0 Å². The van der Waals surface area contributed by atoms with Gasteiger partial charge in [-0.25, -0.2) is 8.78 Å². The van der Waals surface area contributed by atoms with Crippen LogP contribution in [-0.2, 0) is 0 Å². The van der Waals surface area contributed by atoms with Crippen molar-refractivity contribution in [2.45, 2.75) is 44.3 Å². The van der Waals surface area contributed by atoms with E-state index in [1.165, 1.54) is 0 Å². The second-order valence-corrected chi connectivity index (χ2v) is 5.81. The summed E-state index contributed by atoms with van der Waals surface area (Å²) in [6.45, 7) is -4.81. The third kappa shape index (κ3) is 1.68. The molecule has 0 aliphatic heterocycles. The second kappa shape index (κ2) is 3.93. The smallest absolute Gasteiger partial charge is 0.449 e. The van der Waals surface area contributed by atoms with Crippen LogP contribution in [0.25, 0.3) is 0 Å². The molecule has 3 aliphatic carbocycles. The third-order valence-electron chi connectivity index (χ3n) is 5.14. The van der Waals surface area contributed by atoms with Gasteiger partial charge in [-0.2, -0.15) is 0 Å². The standard InChI is InChI=1S/C10H13BF5.K/c12-10(13)8(2-1-3-8)9(10)4-7(5-9)6-11(14,15)16;/h7H,1-6H2;/q-1;+1. The molecule has 0 amide bonds. The molecule has 0 N–H and O–H groups in total. The largest absolute Gasteiger partial charge is 1.00 e. The first-order chi connectivity index (χ1) is 7.24. The molecule has 0 radical (unpaired) electrons. The van der Waals surface area contributed by atoms with Crippen LogP contribution in [0.1, 0.15) is 32.1 Å². The van der Waals surface area contributed by atoms with Crippen LogP contribution in [0.4, 0.5) is 21.7 Å². The van der Waals surface area contributed by atoms with Gasteiger partial charge in [0.05, 0.1) is 0 Å². The Morgan fingerprint density at radius 2 is 1.53 bits per heavy atom. The molecule has 0 atom stereocenters. The Bertz CT molecular complexity index is 330. The van der Waals surface area contributed by atoms with Gasteiger partial charge in [-0.05, 0) is 25.7 Å². The Morgan fingerprint density at radius 1 is 1.00 bits per heavy atom. The van der Waals surface area contributed by atoms with Crippen molar-refractivity contribution in [3.8, 4) is 0 Å². The van der Waals surface area contributed by atoms with Crippen molar-refractivity contribution >= 4 is 6.98 Å². The minimum Gasteiger partial charge on any atom is -0.449 e. The molecular formula is C10H13BF5K. The van der Waals surface area contributed by atoms with Crippen molar-refractivity contribution in [1.29, 1.82) is 0 Å². The molecule has 0 unspecified atom stereocenters. The maximum atomic E-state index is 13.7. The fourth-order valence-corrected chi connectivity index (χ4v) is 4.18. The van der Waals surface area contributed by atoms with E-state index in [0.717, 1.165) is 6.42 Å². The Morgan fingerprint density at radius 3 is 1.82 bits per heavy atom. The molecule has 0 heterocycles. The summed E-state index contributed by atoms with van der Waals surface area (Å²) in [6.07, 6.45) is 1.22. The molecule has 3 aliphatic rings. The van der Waals surface area contributed by atoms with E-state index in [-0.39, 0.29) is 64.2 Å². The van der Waals surface area contributed by atoms with E-state index in [1.54, 1.807) is 0 Å². The van der Waals surface area contributed by atoms with Crippen molar-refractivity contribution in [2.75, 3.05) is 0 Å². The number of halogens is 5. The van der Waals surface area contributed by atoms with Gasteiger partial charge in [0.2, 0.25) is 0 Å². The average molecular weight is 278 g/mol. The van der Waals surface area contributed by atoms with Gasteiger partial charge in [-0.15, -0.1) is 0 Å². The summed E-state index contributed by atoms with van der Waals surface area (Å²) >= 11 is 0. The summed E-state index contributed by atoms with van der Waals surface area (Å²) < 4.78 is 63.8. The molecule has 0 aromatic rings. The van der Waals surface area contributed by atoms with Gasteiger partial charge in [0.1, 0.15) is 0 Å². The van der Waals surface area contributed by atoms with Crippen LogP contribution in [0.2, 0.25) is 6.32 Å². The summed E-state index contributed by atoms with van der Waals surface area (Å²) in [6, 6.07) is 0. The molecule has 0 nitrogen and oxygen atoms in total. The van der Waals surface area contributed by atoms with Crippen LogP contribution in [-0.4, -0.2) is 12.9 Å². The molecule has 0 aromatic carbocycles. The zero-order valence-corrected chi connectivity index (χ0v) is 12.9. The van der Waals surface area contributed by atoms with Crippen LogP contribution in [0.15, 0.2) is 0 Å². The fraction of sp³-hybridized carbons (Fsp3) is 1.00. The zero-order chi connectivity index (χ0) is 11.8. The van der Waals surface area contributed by atoms with E-state index in [2.05, 4.69) is 0 Å². The summed E-state index contributed by atoms with van der Waals surface area (Å²) in [7, 11) is 0. The first-order valence-corrected chi connectivity index (χ1v) is 5.83. The van der Waals surface area contributed by atoms with E-state index in [0.29, 0.717) is 12.8 Å². The van der Waals surface area contributed by atoms with Gasteiger partial charge in [-0.3, -0.25) is 0 Å². The van der Waals surface area contributed by atoms with E-state index >= 15 is 0 Å². The monoisotopic (exact) mass is 278 g/mol. The maximum absolute atomic E-state index is 13.7. The van der Waals surface area contributed by atoms with Crippen molar-refractivity contribution < 1.29 is 73.1 Å². The normalized spacial score (nSPS) is 40.4. The van der Waals surface area contributed by atoms with Crippen LogP contribution in [0.5, 0.6) is 0 Å². The van der Waals surface area contributed by atoms with Gasteiger partial charge in [0, 0.05) is 10.8 Å². The number of hydrogen-bond donors (Lipinski definition) is 0. The van der Waals surface area contributed by atoms with Gasteiger partial charge >= 0.3 is 58.4 Å².